The van der Waals surface area contributed by atoms with Gasteiger partial charge in [0.15, 0.2) is 0 Å². The highest BCUT2D eigenvalue weighted by atomic mass is 16.1. The molecule has 0 aromatic heterocycles. The third kappa shape index (κ3) is 2.40. The van der Waals surface area contributed by atoms with Crippen molar-refractivity contribution >= 4 is 11.6 Å². The van der Waals surface area contributed by atoms with Gasteiger partial charge >= 0.3 is 0 Å². The molecule has 0 atom stereocenters. The molecule has 20 heavy (non-hydrogen) atoms. The standard InChI is InChI=1S/C16H23N3O/c1-11-7-12(3-4-14(11)15(20)17-2)19-13-8-16(9-13)5-6-18-10-16/h3-4,7,13,18-19H,5-6,8-10H2,1-2H3,(H,17,20). The van der Waals surface area contributed by atoms with Crippen molar-refractivity contribution < 1.29 is 4.79 Å². The molecule has 4 nitrogen and oxygen atoms in total. The first kappa shape index (κ1) is 13.4. The van der Waals surface area contributed by atoms with E-state index >= 15 is 0 Å². The number of nitrogens with one attached hydrogen (secondary N) is 3. The molecule has 1 aliphatic heterocycles. The van der Waals surface area contributed by atoms with Crippen LogP contribution in [0.15, 0.2) is 18.2 Å². The number of anilines is 1. The van der Waals surface area contributed by atoms with Gasteiger partial charge in [0.05, 0.1) is 0 Å². The number of hydrogen-bond donors (Lipinski definition) is 3. The minimum Gasteiger partial charge on any atom is -0.382 e. The molecule has 1 spiro atoms. The van der Waals surface area contributed by atoms with Crippen LogP contribution in [0.1, 0.15) is 35.2 Å². The van der Waals surface area contributed by atoms with Gasteiger partial charge in [-0.15, -0.1) is 0 Å². The summed E-state index contributed by atoms with van der Waals surface area (Å²) in [5, 5.41) is 9.73. The van der Waals surface area contributed by atoms with Crippen molar-refractivity contribution in [3.8, 4) is 0 Å². The van der Waals surface area contributed by atoms with E-state index in [1.807, 2.05) is 19.1 Å². The molecule has 0 bridgehead atoms. The van der Waals surface area contributed by atoms with E-state index in [4.69, 9.17) is 0 Å². The Morgan fingerprint density at radius 2 is 2.20 bits per heavy atom. The highest BCUT2D eigenvalue weighted by molar-refractivity contribution is 5.95. The van der Waals surface area contributed by atoms with Crippen LogP contribution in [0.25, 0.3) is 0 Å². The molecule has 1 saturated heterocycles. The first-order chi connectivity index (χ1) is 9.62. The predicted octanol–water partition coefficient (Wildman–Crippen LogP) is 1.91. The molecule has 1 heterocycles. The number of rotatable bonds is 3. The summed E-state index contributed by atoms with van der Waals surface area (Å²) in [6, 6.07) is 6.57. The maximum absolute atomic E-state index is 11.7. The van der Waals surface area contributed by atoms with E-state index in [1.165, 1.54) is 32.4 Å². The van der Waals surface area contributed by atoms with Crippen LogP contribution >= 0.6 is 0 Å². The third-order valence-corrected chi connectivity index (χ3v) is 4.76. The van der Waals surface area contributed by atoms with Crippen molar-refractivity contribution in [1.82, 2.24) is 10.6 Å². The number of carbonyl (C=O) groups is 1. The molecule has 1 saturated carbocycles. The zero-order valence-corrected chi connectivity index (χ0v) is 12.3. The van der Waals surface area contributed by atoms with Crippen molar-refractivity contribution in [2.75, 3.05) is 25.5 Å². The Kier molecular flexibility index (Phi) is 3.42. The minimum atomic E-state index is -0.0197. The van der Waals surface area contributed by atoms with E-state index < -0.39 is 0 Å². The van der Waals surface area contributed by atoms with Crippen LogP contribution in [0.5, 0.6) is 0 Å². The average molecular weight is 273 g/mol. The molecule has 4 heteroatoms. The van der Waals surface area contributed by atoms with Crippen LogP contribution in [-0.4, -0.2) is 32.1 Å². The van der Waals surface area contributed by atoms with Crippen molar-refractivity contribution in [2.45, 2.75) is 32.2 Å². The molecule has 2 fully saturated rings. The molecule has 1 aromatic rings. The van der Waals surface area contributed by atoms with Crippen LogP contribution in [0.3, 0.4) is 0 Å². The SMILES string of the molecule is CNC(=O)c1ccc(NC2CC3(CCNC3)C2)cc1C. The summed E-state index contributed by atoms with van der Waals surface area (Å²) in [5.74, 6) is -0.0197. The molecule has 0 radical (unpaired) electrons. The van der Waals surface area contributed by atoms with E-state index in [1.54, 1.807) is 7.05 Å². The van der Waals surface area contributed by atoms with Gasteiger partial charge in [0, 0.05) is 30.9 Å². The Morgan fingerprint density at radius 1 is 1.40 bits per heavy atom. The van der Waals surface area contributed by atoms with E-state index in [0.717, 1.165) is 16.8 Å². The third-order valence-electron chi connectivity index (χ3n) is 4.76. The minimum absolute atomic E-state index is 0.0197. The van der Waals surface area contributed by atoms with E-state index in [9.17, 15) is 4.79 Å². The predicted molar refractivity (Wildman–Crippen MR) is 81.1 cm³/mol. The molecular formula is C16H23N3O. The molecule has 3 rings (SSSR count). The van der Waals surface area contributed by atoms with Crippen LogP contribution in [0.2, 0.25) is 0 Å². The van der Waals surface area contributed by atoms with Crippen molar-refractivity contribution in [2.24, 2.45) is 5.41 Å². The number of hydrogen-bond acceptors (Lipinski definition) is 3. The average Bonchev–Trinajstić information content (AvgIpc) is 2.87. The number of benzene rings is 1. The smallest absolute Gasteiger partial charge is 0.251 e. The van der Waals surface area contributed by atoms with E-state index in [-0.39, 0.29) is 5.91 Å². The van der Waals surface area contributed by atoms with Gasteiger partial charge < -0.3 is 16.0 Å². The molecule has 1 amide bonds. The topological polar surface area (TPSA) is 53.2 Å². The van der Waals surface area contributed by atoms with Gasteiger partial charge in [-0.3, -0.25) is 4.79 Å². The molecule has 0 unspecified atom stereocenters. The zero-order valence-electron chi connectivity index (χ0n) is 12.3. The number of amides is 1. The van der Waals surface area contributed by atoms with Crippen molar-refractivity contribution in [3.63, 3.8) is 0 Å². The summed E-state index contributed by atoms with van der Waals surface area (Å²) in [4.78, 5) is 11.7. The largest absolute Gasteiger partial charge is 0.382 e. The molecule has 1 aliphatic carbocycles. The summed E-state index contributed by atoms with van der Waals surface area (Å²) in [6.07, 6.45) is 3.84. The lowest BCUT2D eigenvalue weighted by molar-refractivity contribution is 0.0962. The molecular weight excluding hydrogens is 250 g/mol. The second-order valence-electron chi connectivity index (χ2n) is 6.29. The van der Waals surface area contributed by atoms with Crippen LogP contribution < -0.4 is 16.0 Å². The Labute approximate surface area is 120 Å². The van der Waals surface area contributed by atoms with Gasteiger partial charge in [-0.2, -0.15) is 0 Å². The summed E-state index contributed by atoms with van der Waals surface area (Å²) in [7, 11) is 1.66. The second-order valence-corrected chi connectivity index (χ2v) is 6.29. The van der Waals surface area contributed by atoms with Gasteiger partial charge in [0.1, 0.15) is 0 Å². The summed E-state index contributed by atoms with van der Waals surface area (Å²) in [5.41, 5.74) is 3.46. The lowest BCUT2D eigenvalue weighted by atomic mass is 9.65. The van der Waals surface area contributed by atoms with Crippen LogP contribution in [-0.2, 0) is 0 Å². The van der Waals surface area contributed by atoms with E-state index in [0.29, 0.717) is 11.5 Å². The van der Waals surface area contributed by atoms with Crippen molar-refractivity contribution in [1.29, 1.82) is 0 Å². The monoisotopic (exact) mass is 273 g/mol. The van der Waals surface area contributed by atoms with Crippen LogP contribution in [0.4, 0.5) is 5.69 Å². The van der Waals surface area contributed by atoms with Crippen LogP contribution in [0, 0.1) is 12.3 Å². The van der Waals surface area contributed by atoms with E-state index in [2.05, 4.69) is 22.0 Å². The Balaban J connectivity index is 1.62. The first-order valence-corrected chi connectivity index (χ1v) is 7.42. The summed E-state index contributed by atoms with van der Waals surface area (Å²) >= 11 is 0. The second kappa shape index (κ2) is 5.09. The first-order valence-electron chi connectivity index (χ1n) is 7.42. The summed E-state index contributed by atoms with van der Waals surface area (Å²) < 4.78 is 0. The maximum atomic E-state index is 11.7. The Bertz CT molecular complexity index is 512. The Hall–Kier alpha value is -1.55. The van der Waals surface area contributed by atoms with Crippen molar-refractivity contribution in [3.05, 3.63) is 29.3 Å². The Morgan fingerprint density at radius 3 is 2.80 bits per heavy atom. The fraction of sp³-hybridized carbons (Fsp3) is 0.562. The lowest BCUT2D eigenvalue weighted by Gasteiger charge is -2.45. The van der Waals surface area contributed by atoms with Gasteiger partial charge in [-0.25, -0.2) is 0 Å². The quantitative estimate of drug-likeness (QED) is 0.788. The molecule has 1 aromatic carbocycles. The highest BCUT2D eigenvalue weighted by Gasteiger charge is 2.45. The molecule has 108 valence electrons. The fourth-order valence-electron chi connectivity index (χ4n) is 3.61. The number of carbonyl (C=O) groups excluding carboxylic acids is 1. The lowest BCUT2D eigenvalue weighted by Crippen LogP contribution is -2.46. The maximum Gasteiger partial charge on any atom is 0.251 e. The van der Waals surface area contributed by atoms with Gasteiger partial charge in [0.25, 0.3) is 5.91 Å². The molecule has 2 aliphatic rings. The summed E-state index contributed by atoms with van der Waals surface area (Å²) in [6.45, 7) is 4.34. The fourth-order valence-corrected chi connectivity index (χ4v) is 3.61. The normalized spacial score (nSPS) is 28.2. The number of aryl methyl sites for hydroxylation is 1. The van der Waals surface area contributed by atoms with Gasteiger partial charge in [-0.05, 0) is 61.9 Å². The molecule has 3 N–H and O–H groups in total. The van der Waals surface area contributed by atoms with Gasteiger partial charge in [0.2, 0.25) is 0 Å². The highest BCUT2D eigenvalue weighted by Crippen LogP contribution is 2.46. The zero-order chi connectivity index (χ0) is 14.2. The van der Waals surface area contributed by atoms with Gasteiger partial charge in [-0.1, -0.05) is 0 Å².